The Labute approximate surface area is 161 Å². The monoisotopic (exact) mass is 367 g/mol. The van der Waals surface area contributed by atoms with Gasteiger partial charge in [0.25, 0.3) is 5.91 Å². The van der Waals surface area contributed by atoms with E-state index in [1.54, 1.807) is 6.07 Å². The van der Waals surface area contributed by atoms with Gasteiger partial charge in [0, 0.05) is 30.5 Å². The largest absolute Gasteiger partial charge is 0.372 e. The lowest BCUT2D eigenvalue weighted by Crippen LogP contribution is -2.23. The maximum absolute atomic E-state index is 12.4. The minimum absolute atomic E-state index is 0.248. The lowest BCUT2D eigenvalue weighted by molar-refractivity contribution is 0.102. The summed E-state index contributed by atoms with van der Waals surface area (Å²) in [5, 5.41) is 14.5. The predicted octanol–water partition coefficient (Wildman–Crippen LogP) is 4.32. The van der Waals surface area contributed by atoms with Crippen molar-refractivity contribution in [2.24, 2.45) is 0 Å². The Kier molecular flexibility index (Phi) is 6.63. The van der Waals surface area contributed by atoms with Gasteiger partial charge in [0.2, 0.25) is 0 Å². The fourth-order valence-electron chi connectivity index (χ4n) is 3.53. The van der Waals surface area contributed by atoms with Gasteiger partial charge in [0.1, 0.15) is 5.82 Å². The van der Waals surface area contributed by atoms with Gasteiger partial charge in [-0.3, -0.25) is 4.79 Å². The van der Waals surface area contributed by atoms with E-state index in [1.165, 1.54) is 32.1 Å². The highest BCUT2D eigenvalue weighted by Gasteiger charge is 2.14. The molecule has 0 atom stereocenters. The molecule has 0 spiro atoms. The van der Waals surface area contributed by atoms with E-state index >= 15 is 0 Å². The number of rotatable bonds is 7. The van der Waals surface area contributed by atoms with E-state index in [4.69, 9.17) is 0 Å². The summed E-state index contributed by atoms with van der Waals surface area (Å²) in [5.41, 5.74) is 2.22. The molecule has 3 rings (SSSR count). The zero-order chi connectivity index (χ0) is 19.1. The average Bonchev–Trinajstić information content (AvgIpc) is 2.71. The SMILES string of the molecule is CCN(CC)c1ccc(NC(=O)c2ccc(NC3CCCCC3)nn2)cc1. The molecule has 27 heavy (non-hydrogen) atoms. The van der Waals surface area contributed by atoms with Crippen molar-refractivity contribution < 1.29 is 4.79 Å². The second-order valence-corrected chi connectivity index (χ2v) is 6.96. The molecule has 1 saturated carbocycles. The number of carbonyl (C=O) groups excluding carboxylic acids is 1. The molecule has 144 valence electrons. The molecule has 6 heteroatoms. The maximum atomic E-state index is 12.4. The lowest BCUT2D eigenvalue weighted by atomic mass is 9.95. The quantitative estimate of drug-likeness (QED) is 0.763. The summed E-state index contributed by atoms with van der Waals surface area (Å²) < 4.78 is 0. The summed E-state index contributed by atoms with van der Waals surface area (Å²) in [4.78, 5) is 14.7. The number of carbonyl (C=O) groups is 1. The Hall–Kier alpha value is -2.63. The van der Waals surface area contributed by atoms with E-state index < -0.39 is 0 Å². The lowest BCUT2D eigenvalue weighted by Gasteiger charge is -2.22. The molecule has 6 nitrogen and oxygen atoms in total. The van der Waals surface area contributed by atoms with Gasteiger partial charge in [-0.1, -0.05) is 19.3 Å². The van der Waals surface area contributed by atoms with Crippen LogP contribution in [0.25, 0.3) is 0 Å². The molecular formula is C21H29N5O. The Morgan fingerprint density at radius 3 is 2.30 bits per heavy atom. The zero-order valence-electron chi connectivity index (χ0n) is 16.2. The Balaban J connectivity index is 1.57. The molecule has 1 aliphatic carbocycles. The highest BCUT2D eigenvalue weighted by atomic mass is 16.1. The van der Waals surface area contributed by atoms with Gasteiger partial charge >= 0.3 is 0 Å². The Morgan fingerprint density at radius 1 is 1.00 bits per heavy atom. The molecule has 2 aromatic rings. The fourth-order valence-corrected chi connectivity index (χ4v) is 3.53. The molecule has 1 fully saturated rings. The van der Waals surface area contributed by atoms with E-state index in [2.05, 4.69) is 39.6 Å². The van der Waals surface area contributed by atoms with Crippen molar-refractivity contribution in [2.75, 3.05) is 28.6 Å². The van der Waals surface area contributed by atoms with Gasteiger partial charge in [-0.15, -0.1) is 10.2 Å². The van der Waals surface area contributed by atoms with Crippen molar-refractivity contribution in [2.45, 2.75) is 52.0 Å². The standard InChI is InChI=1S/C21H29N5O/c1-3-26(4-2)18-12-10-17(11-13-18)23-21(27)19-14-15-20(25-24-19)22-16-8-6-5-7-9-16/h10-16H,3-9H2,1-2H3,(H,22,25)(H,23,27). The highest BCUT2D eigenvalue weighted by Crippen LogP contribution is 2.21. The highest BCUT2D eigenvalue weighted by molar-refractivity contribution is 6.02. The molecule has 0 bridgehead atoms. The van der Waals surface area contributed by atoms with Crippen molar-refractivity contribution >= 4 is 23.1 Å². The Morgan fingerprint density at radius 2 is 1.70 bits per heavy atom. The number of nitrogens with zero attached hydrogens (tertiary/aromatic N) is 3. The van der Waals surface area contributed by atoms with Crippen molar-refractivity contribution in [1.29, 1.82) is 0 Å². The average molecular weight is 367 g/mol. The molecule has 1 amide bonds. The van der Waals surface area contributed by atoms with Gasteiger partial charge in [-0.05, 0) is 63.1 Å². The van der Waals surface area contributed by atoms with E-state index in [0.717, 1.165) is 30.3 Å². The fraction of sp³-hybridized carbons (Fsp3) is 0.476. The van der Waals surface area contributed by atoms with Crippen molar-refractivity contribution in [3.63, 3.8) is 0 Å². The summed E-state index contributed by atoms with van der Waals surface area (Å²) in [6, 6.07) is 11.9. The summed E-state index contributed by atoms with van der Waals surface area (Å²) in [5.74, 6) is 0.490. The second-order valence-electron chi connectivity index (χ2n) is 6.96. The predicted molar refractivity (Wildman–Crippen MR) is 110 cm³/mol. The number of anilines is 3. The van der Waals surface area contributed by atoms with E-state index in [-0.39, 0.29) is 5.91 Å². The minimum atomic E-state index is -0.248. The molecule has 0 radical (unpaired) electrons. The van der Waals surface area contributed by atoms with Gasteiger partial charge < -0.3 is 15.5 Å². The van der Waals surface area contributed by atoms with Gasteiger partial charge in [-0.25, -0.2) is 0 Å². The summed E-state index contributed by atoms with van der Waals surface area (Å²) in [6.45, 7) is 6.17. The number of aromatic nitrogens is 2. The van der Waals surface area contributed by atoms with Crippen LogP contribution in [-0.4, -0.2) is 35.2 Å². The minimum Gasteiger partial charge on any atom is -0.372 e. The first kappa shape index (κ1) is 19.1. The van der Waals surface area contributed by atoms with Crippen LogP contribution in [0.15, 0.2) is 36.4 Å². The van der Waals surface area contributed by atoms with Crippen LogP contribution >= 0.6 is 0 Å². The molecule has 1 heterocycles. The molecule has 1 aliphatic rings. The van der Waals surface area contributed by atoms with Crippen LogP contribution in [0, 0.1) is 0 Å². The van der Waals surface area contributed by atoms with Crippen LogP contribution in [0.4, 0.5) is 17.2 Å². The Bertz CT molecular complexity index is 719. The van der Waals surface area contributed by atoms with E-state index in [1.807, 2.05) is 30.3 Å². The molecule has 0 aliphatic heterocycles. The third-order valence-electron chi connectivity index (χ3n) is 5.11. The number of benzene rings is 1. The summed E-state index contributed by atoms with van der Waals surface area (Å²) in [7, 11) is 0. The number of amides is 1. The van der Waals surface area contributed by atoms with Crippen LogP contribution in [-0.2, 0) is 0 Å². The van der Waals surface area contributed by atoms with Crippen LogP contribution in [0.2, 0.25) is 0 Å². The van der Waals surface area contributed by atoms with Crippen molar-refractivity contribution in [1.82, 2.24) is 10.2 Å². The first-order valence-electron chi connectivity index (χ1n) is 9.96. The van der Waals surface area contributed by atoms with Crippen LogP contribution in [0.3, 0.4) is 0 Å². The van der Waals surface area contributed by atoms with E-state index in [0.29, 0.717) is 11.7 Å². The maximum Gasteiger partial charge on any atom is 0.276 e. The molecule has 0 saturated heterocycles. The van der Waals surface area contributed by atoms with Crippen LogP contribution in [0.1, 0.15) is 56.4 Å². The van der Waals surface area contributed by atoms with Gasteiger partial charge in [0.15, 0.2) is 5.69 Å². The van der Waals surface area contributed by atoms with Crippen LogP contribution < -0.4 is 15.5 Å². The topological polar surface area (TPSA) is 70.2 Å². The van der Waals surface area contributed by atoms with Crippen LogP contribution in [0.5, 0.6) is 0 Å². The first-order valence-corrected chi connectivity index (χ1v) is 9.96. The van der Waals surface area contributed by atoms with Gasteiger partial charge in [-0.2, -0.15) is 0 Å². The summed E-state index contributed by atoms with van der Waals surface area (Å²) >= 11 is 0. The first-order chi connectivity index (χ1) is 13.2. The second kappa shape index (κ2) is 9.35. The smallest absolute Gasteiger partial charge is 0.276 e. The third kappa shape index (κ3) is 5.18. The molecule has 1 aromatic heterocycles. The molecular weight excluding hydrogens is 338 g/mol. The molecule has 2 N–H and O–H groups in total. The molecule has 1 aromatic carbocycles. The number of nitrogens with one attached hydrogen (secondary N) is 2. The zero-order valence-corrected chi connectivity index (χ0v) is 16.2. The normalized spacial score (nSPS) is 14.6. The third-order valence-corrected chi connectivity index (χ3v) is 5.11. The van der Waals surface area contributed by atoms with E-state index in [9.17, 15) is 4.79 Å². The summed E-state index contributed by atoms with van der Waals surface area (Å²) in [6.07, 6.45) is 6.19. The molecule has 0 unspecified atom stereocenters. The van der Waals surface area contributed by atoms with Crippen molar-refractivity contribution in [3.05, 3.63) is 42.1 Å². The van der Waals surface area contributed by atoms with Gasteiger partial charge in [0.05, 0.1) is 0 Å². The number of hydrogen-bond acceptors (Lipinski definition) is 5. The number of hydrogen-bond donors (Lipinski definition) is 2. The van der Waals surface area contributed by atoms with Crippen molar-refractivity contribution in [3.8, 4) is 0 Å².